The van der Waals surface area contributed by atoms with Gasteiger partial charge in [-0.2, -0.15) is 8.78 Å². The number of alkyl halides is 2. The highest BCUT2D eigenvalue weighted by Gasteiger charge is 2.48. The Bertz CT molecular complexity index is 390. The largest absolute Gasteiger partial charge is 0.397 e. The third-order valence-electron chi connectivity index (χ3n) is 1.96. The summed E-state index contributed by atoms with van der Waals surface area (Å²) in [6.45, 7) is 0. The summed E-state index contributed by atoms with van der Waals surface area (Å²) in [5, 5.41) is 2.04. The maximum Gasteiger partial charge on any atom is 0.352 e. The van der Waals surface area contributed by atoms with Crippen LogP contribution in [0.1, 0.15) is 5.56 Å². The molecule has 0 saturated heterocycles. The van der Waals surface area contributed by atoms with Gasteiger partial charge in [-0.15, -0.1) is 0 Å². The number of fused-ring (bicyclic) bond motifs is 1. The summed E-state index contributed by atoms with van der Waals surface area (Å²) in [5.41, 5.74) is 5.24. The predicted molar refractivity (Wildman–Crippen MR) is 43.4 cm³/mol. The summed E-state index contributed by atoms with van der Waals surface area (Å²) in [5.74, 6) is -4.77. The van der Waals surface area contributed by atoms with Crippen molar-refractivity contribution in [3.8, 4) is 0 Å². The van der Waals surface area contributed by atoms with Crippen LogP contribution in [-0.4, -0.2) is 5.91 Å². The number of benzene rings is 1. The fourth-order valence-electron chi connectivity index (χ4n) is 1.29. The van der Waals surface area contributed by atoms with Crippen molar-refractivity contribution in [1.29, 1.82) is 0 Å². The average Bonchev–Trinajstić information content (AvgIpc) is 2.28. The van der Waals surface area contributed by atoms with Crippen LogP contribution in [0.3, 0.4) is 0 Å². The minimum Gasteiger partial charge on any atom is -0.397 e. The van der Waals surface area contributed by atoms with Crippen LogP contribution in [-0.2, 0) is 10.7 Å². The molecule has 1 amide bonds. The topological polar surface area (TPSA) is 55.1 Å². The number of nitrogens with one attached hydrogen (secondary N) is 1. The van der Waals surface area contributed by atoms with Gasteiger partial charge in [-0.05, 0) is 6.07 Å². The number of anilines is 2. The summed E-state index contributed by atoms with van der Waals surface area (Å²) in [4.78, 5) is 10.8. The average molecular weight is 184 g/mol. The molecule has 3 nitrogen and oxygen atoms in total. The van der Waals surface area contributed by atoms with E-state index in [2.05, 4.69) is 0 Å². The molecule has 5 heteroatoms. The Kier molecular flexibility index (Phi) is 1.34. The molecule has 1 aromatic rings. The minimum absolute atomic E-state index is 0.0255. The zero-order valence-corrected chi connectivity index (χ0v) is 6.47. The number of halogens is 2. The van der Waals surface area contributed by atoms with Crippen molar-refractivity contribution in [2.75, 3.05) is 11.1 Å². The number of amides is 1. The quantitative estimate of drug-likeness (QED) is 0.597. The zero-order chi connectivity index (χ0) is 9.64. The van der Waals surface area contributed by atoms with Gasteiger partial charge in [0, 0.05) is 0 Å². The number of para-hydroxylation sites is 1. The lowest BCUT2D eigenvalue weighted by molar-refractivity contribution is -0.139. The van der Waals surface area contributed by atoms with Gasteiger partial charge < -0.3 is 11.1 Å². The summed E-state index contributed by atoms with van der Waals surface area (Å²) in [6, 6.07) is 4.03. The van der Waals surface area contributed by atoms with Gasteiger partial charge in [-0.3, -0.25) is 4.79 Å². The Labute approximate surface area is 72.5 Å². The normalized spacial score (nSPS) is 18.2. The summed E-state index contributed by atoms with van der Waals surface area (Å²) in [6.07, 6.45) is 0. The molecule has 0 aliphatic carbocycles. The molecule has 1 aliphatic rings. The van der Waals surface area contributed by atoms with Gasteiger partial charge in [0.25, 0.3) is 5.91 Å². The first-order valence-corrected chi connectivity index (χ1v) is 3.61. The Morgan fingerprint density at radius 2 is 2.08 bits per heavy atom. The smallest absolute Gasteiger partial charge is 0.352 e. The van der Waals surface area contributed by atoms with Gasteiger partial charge in [0.05, 0.1) is 16.9 Å². The first-order chi connectivity index (χ1) is 6.03. The van der Waals surface area contributed by atoms with Gasteiger partial charge in [-0.25, -0.2) is 0 Å². The van der Waals surface area contributed by atoms with Gasteiger partial charge in [0.1, 0.15) is 0 Å². The Balaban J connectivity index is 2.68. The van der Waals surface area contributed by atoms with Gasteiger partial charge in [0.2, 0.25) is 0 Å². The lowest BCUT2D eigenvalue weighted by Gasteiger charge is -2.05. The van der Waals surface area contributed by atoms with Crippen LogP contribution in [0.25, 0.3) is 0 Å². The summed E-state index contributed by atoms with van der Waals surface area (Å²) >= 11 is 0. The first-order valence-electron chi connectivity index (χ1n) is 3.61. The predicted octanol–water partition coefficient (Wildman–Crippen LogP) is 1.31. The van der Waals surface area contributed by atoms with Crippen molar-refractivity contribution in [3.05, 3.63) is 23.8 Å². The molecule has 68 valence electrons. The fraction of sp³-hybridized carbons (Fsp3) is 0.125. The van der Waals surface area contributed by atoms with E-state index in [9.17, 15) is 13.6 Å². The Morgan fingerprint density at radius 1 is 1.38 bits per heavy atom. The molecular weight excluding hydrogens is 178 g/mol. The molecule has 0 radical (unpaired) electrons. The number of hydrogen-bond acceptors (Lipinski definition) is 2. The van der Waals surface area contributed by atoms with E-state index < -0.39 is 11.8 Å². The number of rotatable bonds is 0. The number of nitrogen functional groups attached to an aromatic ring is 1. The molecule has 0 saturated carbocycles. The molecule has 0 bridgehead atoms. The third-order valence-corrected chi connectivity index (χ3v) is 1.96. The van der Waals surface area contributed by atoms with Crippen LogP contribution in [0.5, 0.6) is 0 Å². The van der Waals surface area contributed by atoms with Gasteiger partial charge in [0.15, 0.2) is 0 Å². The highest BCUT2D eigenvalue weighted by atomic mass is 19.3. The molecule has 2 rings (SSSR count). The van der Waals surface area contributed by atoms with Crippen molar-refractivity contribution in [2.24, 2.45) is 0 Å². The maximum absolute atomic E-state index is 13.0. The second kappa shape index (κ2) is 2.18. The van der Waals surface area contributed by atoms with Crippen LogP contribution in [0.15, 0.2) is 18.2 Å². The molecule has 3 N–H and O–H groups in total. The Morgan fingerprint density at radius 3 is 2.69 bits per heavy atom. The lowest BCUT2D eigenvalue weighted by atomic mass is 10.1. The van der Waals surface area contributed by atoms with Crippen LogP contribution < -0.4 is 11.1 Å². The second-order valence-corrected chi connectivity index (χ2v) is 2.80. The van der Waals surface area contributed by atoms with Crippen molar-refractivity contribution in [3.63, 3.8) is 0 Å². The van der Waals surface area contributed by atoms with Crippen molar-refractivity contribution < 1.29 is 13.6 Å². The minimum atomic E-state index is -3.45. The van der Waals surface area contributed by atoms with E-state index in [-0.39, 0.29) is 16.9 Å². The van der Waals surface area contributed by atoms with E-state index in [4.69, 9.17) is 5.73 Å². The number of carbonyl (C=O) groups is 1. The van der Waals surface area contributed by atoms with Gasteiger partial charge >= 0.3 is 5.92 Å². The monoisotopic (exact) mass is 184 g/mol. The molecule has 1 aliphatic heterocycles. The molecule has 0 atom stereocenters. The van der Waals surface area contributed by atoms with E-state index in [0.717, 1.165) is 0 Å². The maximum atomic E-state index is 13.0. The van der Waals surface area contributed by atoms with Crippen molar-refractivity contribution >= 4 is 17.3 Å². The van der Waals surface area contributed by atoms with Crippen LogP contribution in [0.4, 0.5) is 20.2 Å². The molecule has 0 aromatic heterocycles. The highest BCUT2D eigenvalue weighted by molar-refractivity contribution is 6.06. The Hall–Kier alpha value is -1.65. The third kappa shape index (κ3) is 0.898. The molecule has 0 fully saturated rings. The molecule has 0 spiro atoms. The van der Waals surface area contributed by atoms with E-state index in [0.29, 0.717) is 0 Å². The van der Waals surface area contributed by atoms with Crippen molar-refractivity contribution in [2.45, 2.75) is 5.92 Å². The standard InChI is InChI=1S/C8H6F2N2O/c9-8(10)4-2-1-3-5(11)6(4)12-7(8)13/h1-3H,11H2,(H,12,13). The number of hydrogen-bond donors (Lipinski definition) is 2. The molecular formula is C8H6F2N2O. The van der Waals surface area contributed by atoms with Crippen LogP contribution >= 0.6 is 0 Å². The van der Waals surface area contributed by atoms with E-state index in [1.54, 1.807) is 0 Å². The van der Waals surface area contributed by atoms with Gasteiger partial charge in [-0.1, -0.05) is 12.1 Å². The SMILES string of the molecule is Nc1cccc2c1NC(=O)C2(F)F. The van der Waals surface area contributed by atoms with Crippen LogP contribution in [0.2, 0.25) is 0 Å². The summed E-state index contributed by atoms with van der Waals surface area (Å²) in [7, 11) is 0. The highest BCUT2D eigenvalue weighted by Crippen LogP contribution is 2.42. The number of nitrogens with two attached hydrogens (primary N) is 1. The lowest BCUT2D eigenvalue weighted by Crippen LogP contribution is -2.23. The number of carbonyl (C=O) groups excluding carboxylic acids is 1. The zero-order valence-electron chi connectivity index (χ0n) is 6.47. The van der Waals surface area contributed by atoms with E-state index >= 15 is 0 Å². The van der Waals surface area contributed by atoms with Crippen LogP contribution in [0, 0.1) is 0 Å². The fourth-order valence-corrected chi connectivity index (χ4v) is 1.29. The molecule has 13 heavy (non-hydrogen) atoms. The van der Waals surface area contributed by atoms with E-state index in [1.165, 1.54) is 18.2 Å². The second-order valence-electron chi connectivity index (χ2n) is 2.80. The molecule has 0 unspecified atom stereocenters. The van der Waals surface area contributed by atoms with Crippen molar-refractivity contribution in [1.82, 2.24) is 0 Å². The van der Waals surface area contributed by atoms with E-state index in [1.807, 2.05) is 5.32 Å². The first kappa shape index (κ1) is 7.97. The molecule has 1 heterocycles. The summed E-state index contributed by atoms with van der Waals surface area (Å²) < 4.78 is 26.1. The molecule has 1 aromatic carbocycles.